The van der Waals surface area contributed by atoms with Crippen LogP contribution in [-0.4, -0.2) is 29.7 Å². The molecule has 0 spiro atoms. The van der Waals surface area contributed by atoms with Crippen LogP contribution in [0, 0.1) is 0 Å². The highest BCUT2D eigenvalue weighted by Gasteiger charge is 2.13. The predicted molar refractivity (Wildman–Crippen MR) is 73.3 cm³/mol. The fourth-order valence-electron chi connectivity index (χ4n) is 1.84. The number of aromatic amines is 1. The van der Waals surface area contributed by atoms with Gasteiger partial charge in [-0.25, -0.2) is 0 Å². The Kier molecular flexibility index (Phi) is 3.46. The lowest BCUT2D eigenvalue weighted by molar-refractivity contribution is 0.101. The molecule has 1 aromatic heterocycles. The quantitative estimate of drug-likeness (QED) is 0.688. The number of rotatable bonds is 4. The molecule has 98 valence electrons. The SMILES string of the molecule is O=C(CSc1ccc2c(c1)OCCO2)c1ccc[nH]1. The van der Waals surface area contributed by atoms with Crippen molar-refractivity contribution in [3.63, 3.8) is 0 Å². The molecule has 3 rings (SSSR count). The van der Waals surface area contributed by atoms with E-state index in [1.54, 1.807) is 12.3 Å². The van der Waals surface area contributed by atoms with Gasteiger partial charge in [-0.3, -0.25) is 4.79 Å². The standard InChI is InChI=1S/C14H13NO3S/c16-12(11-2-1-5-15-11)9-19-10-3-4-13-14(8-10)18-7-6-17-13/h1-5,8,15H,6-7,9H2. The zero-order valence-corrected chi connectivity index (χ0v) is 11.0. The van der Waals surface area contributed by atoms with Crippen molar-refractivity contribution in [2.45, 2.75) is 4.90 Å². The number of fused-ring (bicyclic) bond motifs is 1. The smallest absolute Gasteiger partial charge is 0.189 e. The van der Waals surface area contributed by atoms with Gasteiger partial charge < -0.3 is 14.5 Å². The number of benzene rings is 1. The Labute approximate surface area is 115 Å². The second kappa shape index (κ2) is 5.40. The van der Waals surface area contributed by atoms with Crippen molar-refractivity contribution in [2.24, 2.45) is 0 Å². The summed E-state index contributed by atoms with van der Waals surface area (Å²) in [6, 6.07) is 9.35. The third-order valence-electron chi connectivity index (χ3n) is 2.78. The van der Waals surface area contributed by atoms with Crippen LogP contribution in [0.4, 0.5) is 0 Å². The fraction of sp³-hybridized carbons (Fsp3) is 0.214. The molecular formula is C14H13NO3S. The van der Waals surface area contributed by atoms with Crippen LogP contribution in [0.15, 0.2) is 41.4 Å². The number of carbonyl (C=O) groups is 1. The molecule has 1 N–H and O–H groups in total. The summed E-state index contributed by atoms with van der Waals surface area (Å²) in [5.74, 6) is 2.01. The maximum atomic E-state index is 11.9. The first kappa shape index (κ1) is 12.2. The lowest BCUT2D eigenvalue weighted by atomic mass is 10.3. The van der Waals surface area contributed by atoms with Gasteiger partial charge >= 0.3 is 0 Å². The Morgan fingerprint density at radius 1 is 1.21 bits per heavy atom. The molecule has 0 atom stereocenters. The summed E-state index contributed by atoms with van der Waals surface area (Å²) in [4.78, 5) is 15.8. The average Bonchev–Trinajstić information content (AvgIpc) is 2.99. The molecule has 0 unspecified atom stereocenters. The monoisotopic (exact) mass is 275 g/mol. The van der Waals surface area contributed by atoms with Gasteiger partial charge in [0.2, 0.25) is 0 Å². The molecule has 0 saturated heterocycles. The number of hydrogen-bond donors (Lipinski definition) is 1. The van der Waals surface area contributed by atoms with E-state index in [0.717, 1.165) is 16.4 Å². The summed E-state index contributed by atoms with van der Waals surface area (Å²) >= 11 is 1.49. The normalized spacial score (nSPS) is 13.3. The number of ether oxygens (including phenoxy) is 2. The molecule has 2 heterocycles. The van der Waals surface area contributed by atoms with Gasteiger partial charge in [-0.2, -0.15) is 0 Å². The molecule has 4 nitrogen and oxygen atoms in total. The molecular weight excluding hydrogens is 262 g/mol. The summed E-state index contributed by atoms with van der Waals surface area (Å²) < 4.78 is 11.0. The third-order valence-corrected chi connectivity index (χ3v) is 3.78. The van der Waals surface area contributed by atoms with E-state index in [-0.39, 0.29) is 5.78 Å². The lowest BCUT2D eigenvalue weighted by Crippen LogP contribution is -2.15. The molecule has 5 heteroatoms. The summed E-state index contributed by atoms with van der Waals surface area (Å²) in [5, 5.41) is 0. The van der Waals surface area contributed by atoms with Crippen molar-refractivity contribution in [3.05, 3.63) is 42.2 Å². The van der Waals surface area contributed by atoms with E-state index in [4.69, 9.17) is 9.47 Å². The van der Waals surface area contributed by atoms with Gasteiger partial charge in [-0.15, -0.1) is 11.8 Å². The van der Waals surface area contributed by atoms with Gasteiger partial charge in [-0.1, -0.05) is 0 Å². The van der Waals surface area contributed by atoms with Crippen molar-refractivity contribution in [2.75, 3.05) is 19.0 Å². The van der Waals surface area contributed by atoms with Crippen molar-refractivity contribution >= 4 is 17.5 Å². The zero-order valence-electron chi connectivity index (χ0n) is 10.2. The van der Waals surface area contributed by atoms with Crippen LogP contribution >= 0.6 is 11.8 Å². The highest BCUT2D eigenvalue weighted by atomic mass is 32.2. The number of aromatic nitrogens is 1. The fourth-order valence-corrected chi connectivity index (χ4v) is 2.65. The Bertz CT molecular complexity index is 580. The number of Topliss-reactive ketones (excluding diaryl/α,β-unsaturated/α-hetero) is 1. The van der Waals surface area contributed by atoms with Crippen LogP contribution < -0.4 is 9.47 Å². The highest BCUT2D eigenvalue weighted by molar-refractivity contribution is 8.00. The summed E-state index contributed by atoms with van der Waals surface area (Å²) in [5.41, 5.74) is 0.644. The van der Waals surface area contributed by atoms with Gasteiger partial charge in [0.15, 0.2) is 17.3 Å². The molecule has 1 aliphatic heterocycles. The Balaban J connectivity index is 1.65. The maximum absolute atomic E-state index is 11.9. The van der Waals surface area contributed by atoms with Gasteiger partial charge in [0.25, 0.3) is 0 Å². The van der Waals surface area contributed by atoms with E-state index < -0.39 is 0 Å². The molecule has 1 aromatic carbocycles. The molecule has 0 amide bonds. The number of hydrogen-bond acceptors (Lipinski definition) is 4. The number of thioether (sulfide) groups is 1. The van der Waals surface area contributed by atoms with Crippen molar-refractivity contribution in [3.8, 4) is 11.5 Å². The highest BCUT2D eigenvalue weighted by Crippen LogP contribution is 2.34. The summed E-state index contributed by atoms with van der Waals surface area (Å²) in [6.45, 7) is 1.16. The average molecular weight is 275 g/mol. The van der Waals surface area contributed by atoms with Gasteiger partial charge in [0.1, 0.15) is 13.2 Å². The summed E-state index contributed by atoms with van der Waals surface area (Å²) in [7, 11) is 0. The number of H-pyrrole nitrogens is 1. The van der Waals surface area contributed by atoms with E-state index in [0.29, 0.717) is 24.7 Å². The van der Waals surface area contributed by atoms with Crippen LogP contribution in [0.1, 0.15) is 10.5 Å². The van der Waals surface area contributed by atoms with E-state index in [1.165, 1.54) is 11.8 Å². The Morgan fingerprint density at radius 3 is 2.84 bits per heavy atom. The molecule has 0 saturated carbocycles. The van der Waals surface area contributed by atoms with Crippen LogP contribution in [0.3, 0.4) is 0 Å². The number of ketones is 1. The van der Waals surface area contributed by atoms with E-state index >= 15 is 0 Å². The minimum absolute atomic E-state index is 0.0879. The van der Waals surface area contributed by atoms with Gasteiger partial charge in [-0.05, 0) is 30.3 Å². The van der Waals surface area contributed by atoms with E-state index in [9.17, 15) is 4.79 Å². The topological polar surface area (TPSA) is 51.3 Å². The van der Waals surface area contributed by atoms with Crippen molar-refractivity contribution < 1.29 is 14.3 Å². The minimum atomic E-state index is 0.0879. The minimum Gasteiger partial charge on any atom is -0.486 e. The maximum Gasteiger partial charge on any atom is 0.189 e. The lowest BCUT2D eigenvalue weighted by Gasteiger charge is -2.18. The Hall–Kier alpha value is -1.88. The molecule has 0 fully saturated rings. The van der Waals surface area contributed by atoms with Gasteiger partial charge in [0, 0.05) is 11.1 Å². The van der Waals surface area contributed by atoms with E-state index in [2.05, 4.69) is 4.98 Å². The molecule has 1 aliphatic rings. The zero-order chi connectivity index (χ0) is 13.1. The molecule has 0 radical (unpaired) electrons. The first-order valence-corrected chi connectivity index (χ1v) is 7.00. The largest absolute Gasteiger partial charge is 0.486 e. The van der Waals surface area contributed by atoms with Crippen LogP contribution in [0.25, 0.3) is 0 Å². The third kappa shape index (κ3) is 2.76. The van der Waals surface area contributed by atoms with Crippen molar-refractivity contribution in [1.82, 2.24) is 4.98 Å². The van der Waals surface area contributed by atoms with Crippen LogP contribution in [0.5, 0.6) is 11.5 Å². The summed E-state index contributed by atoms with van der Waals surface area (Å²) in [6.07, 6.45) is 1.75. The predicted octanol–water partition coefficient (Wildman–Crippen LogP) is 2.76. The van der Waals surface area contributed by atoms with Crippen LogP contribution in [-0.2, 0) is 0 Å². The first-order valence-electron chi connectivity index (χ1n) is 6.02. The van der Waals surface area contributed by atoms with Crippen molar-refractivity contribution in [1.29, 1.82) is 0 Å². The second-order valence-electron chi connectivity index (χ2n) is 4.10. The van der Waals surface area contributed by atoms with Gasteiger partial charge in [0.05, 0.1) is 11.4 Å². The van der Waals surface area contributed by atoms with E-state index in [1.807, 2.05) is 24.3 Å². The molecule has 2 aromatic rings. The molecule has 0 bridgehead atoms. The number of nitrogens with one attached hydrogen (secondary N) is 1. The first-order chi connectivity index (χ1) is 9.33. The Morgan fingerprint density at radius 2 is 2.05 bits per heavy atom. The number of carbonyl (C=O) groups excluding carboxylic acids is 1. The molecule has 0 aliphatic carbocycles. The van der Waals surface area contributed by atoms with Crippen LogP contribution in [0.2, 0.25) is 0 Å². The molecule has 19 heavy (non-hydrogen) atoms. The second-order valence-corrected chi connectivity index (χ2v) is 5.15.